The van der Waals surface area contributed by atoms with Gasteiger partial charge in [0.2, 0.25) is 0 Å². The molecule has 0 saturated heterocycles. The number of aromatic nitrogens is 1. The molecule has 6 nitrogen and oxygen atoms in total. The number of pyridine rings is 1. The molecule has 0 spiro atoms. The molecule has 0 N–H and O–H groups in total. The number of rotatable bonds is 6. The second-order valence-electron chi connectivity index (χ2n) is 4.70. The van der Waals surface area contributed by atoms with Crippen LogP contribution in [0.1, 0.15) is 10.4 Å². The van der Waals surface area contributed by atoms with Gasteiger partial charge < -0.3 is 19.6 Å². The minimum atomic E-state index is -0.154. The lowest BCUT2D eigenvalue weighted by atomic mass is 10.2. The van der Waals surface area contributed by atoms with Gasteiger partial charge in [-0.3, -0.25) is 4.79 Å². The van der Waals surface area contributed by atoms with Gasteiger partial charge in [-0.25, -0.2) is 0 Å². The second-order valence-corrected chi connectivity index (χ2v) is 4.70. The highest BCUT2D eigenvalue weighted by atomic mass is 16.5. The lowest BCUT2D eigenvalue weighted by Crippen LogP contribution is -2.32. The van der Waals surface area contributed by atoms with E-state index < -0.39 is 0 Å². The molecule has 0 fully saturated rings. The molecule has 0 aliphatic carbocycles. The van der Waals surface area contributed by atoms with Crippen LogP contribution in [0.3, 0.4) is 0 Å². The highest BCUT2D eigenvalue weighted by Crippen LogP contribution is 2.16. The van der Waals surface area contributed by atoms with E-state index >= 15 is 0 Å². The number of nitrogens with zero attached hydrogens (tertiary/aromatic N) is 2. The maximum atomic E-state index is 12.1. The summed E-state index contributed by atoms with van der Waals surface area (Å²) in [7, 11) is 3.30. The number of carbonyl (C=O) groups is 1. The molecule has 0 saturated carbocycles. The van der Waals surface area contributed by atoms with Crippen molar-refractivity contribution < 1.29 is 19.0 Å². The van der Waals surface area contributed by atoms with Crippen molar-refractivity contribution in [3.8, 4) is 11.5 Å². The smallest absolute Gasteiger partial charge is 0.254 e. The molecule has 0 aliphatic heterocycles. The number of ether oxygens (including phenoxy) is 2. The van der Waals surface area contributed by atoms with Gasteiger partial charge in [0, 0.05) is 19.2 Å². The van der Waals surface area contributed by atoms with Gasteiger partial charge in [0.25, 0.3) is 5.91 Å². The molecule has 0 bridgehead atoms. The van der Waals surface area contributed by atoms with Crippen LogP contribution in [0.4, 0.5) is 0 Å². The Morgan fingerprint density at radius 3 is 2.32 bits per heavy atom. The molecule has 1 heterocycles. The fraction of sp³-hybridized carbons (Fsp3) is 0.250. The average molecular weight is 302 g/mol. The molecule has 116 valence electrons. The number of hydrogen-bond acceptors (Lipinski definition) is 4. The number of likely N-dealkylation sites (N-methyl/N-ethyl adjacent to an activating group) is 1. The molecule has 0 radical (unpaired) electrons. The summed E-state index contributed by atoms with van der Waals surface area (Å²) in [4.78, 5) is 13.7. The summed E-state index contributed by atoms with van der Waals surface area (Å²) in [6.45, 7) is 0.820. The summed E-state index contributed by atoms with van der Waals surface area (Å²) >= 11 is 0. The van der Waals surface area contributed by atoms with Gasteiger partial charge in [-0.1, -0.05) is 0 Å². The van der Waals surface area contributed by atoms with Crippen molar-refractivity contribution in [2.75, 3.05) is 27.3 Å². The van der Waals surface area contributed by atoms with Gasteiger partial charge in [0.15, 0.2) is 12.4 Å². The van der Waals surface area contributed by atoms with E-state index in [0.29, 0.717) is 29.2 Å². The highest BCUT2D eigenvalue weighted by molar-refractivity contribution is 5.93. The van der Waals surface area contributed by atoms with Crippen LogP contribution in [0.2, 0.25) is 0 Å². The molecule has 0 unspecified atom stereocenters. The van der Waals surface area contributed by atoms with Gasteiger partial charge in [-0.15, -0.1) is 0 Å². The van der Waals surface area contributed by atoms with Crippen LogP contribution in [-0.2, 0) is 0 Å². The summed E-state index contributed by atoms with van der Waals surface area (Å²) in [5, 5.41) is 11.0. The molecular formula is C16H18N2O4. The van der Waals surface area contributed by atoms with E-state index in [2.05, 4.69) is 0 Å². The van der Waals surface area contributed by atoms with Crippen molar-refractivity contribution in [2.24, 2.45) is 0 Å². The first-order valence-electron chi connectivity index (χ1n) is 6.81. The maximum Gasteiger partial charge on any atom is 0.254 e. The Balaban J connectivity index is 1.82. The van der Waals surface area contributed by atoms with E-state index in [9.17, 15) is 10.0 Å². The Bertz CT molecular complexity index is 611. The third-order valence-electron chi connectivity index (χ3n) is 3.15. The van der Waals surface area contributed by atoms with Gasteiger partial charge in [0.05, 0.1) is 19.2 Å². The van der Waals surface area contributed by atoms with Crippen LogP contribution in [0.25, 0.3) is 0 Å². The van der Waals surface area contributed by atoms with E-state index in [1.165, 1.54) is 24.5 Å². The Labute approximate surface area is 129 Å². The van der Waals surface area contributed by atoms with Gasteiger partial charge in [-0.2, -0.15) is 4.73 Å². The number of amides is 1. The Morgan fingerprint density at radius 1 is 1.14 bits per heavy atom. The van der Waals surface area contributed by atoms with Crippen LogP contribution in [-0.4, -0.2) is 38.1 Å². The maximum absolute atomic E-state index is 12.1. The van der Waals surface area contributed by atoms with E-state index in [1.54, 1.807) is 19.1 Å². The minimum absolute atomic E-state index is 0.154. The highest BCUT2D eigenvalue weighted by Gasteiger charge is 2.12. The molecule has 6 heteroatoms. The topological polar surface area (TPSA) is 65.7 Å². The SMILES string of the molecule is COc1ccc(OCCN(C)C(=O)c2cc[n+]([O-])cc2)cc1. The molecule has 2 aromatic rings. The van der Waals surface area contributed by atoms with Crippen LogP contribution < -0.4 is 14.2 Å². The van der Waals surface area contributed by atoms with Gasteiger partial charge in [0.1, 0.15) is 18.1 Å². The van der Waals surface area contributed by atoms with Crippen LogP contribution in [0, 0.1) is 5.21 Å². The number of hydrogen-bond donors (Lipinski definition) is 0. The van der Waals surface area contributed by atoms with E-state index in [0.717, 1.165) is 5.75 Å². The first-order chi connectivity index (χ1) is 10.6. The second kappa shape index (κ2) is 7.31. The average Bonchev–Trinajstić information content (AvgIpc) is 2.55. The number of benzene rings is 1. The standard InChI is InChI=1S/C16H18N2O4/c1-17(16(19)13-7-9-18(20)10-8-13)11-12-22-15-5-3-14(21-2)4-6-15/h3-10H,11-12H2,1-2H3. The fourth-order valence-corrected chi connectivity index (χ4v) is 1.85. The molecule has 1 amide bonds. The molecule has 1 aromatic carbocycles. The van der Waals surface area contributed by atoms with Crippen LogP contribution in [0.5, 0.6) is 11.5 Å². The normalized spacial score (nSPS) is 10.1. The third kappa shape index (κ3) is 4.12. The predicted octanol–water partition coefficient (Wildman–Crippen LogP) is 1.48. The first kappa shape index (κ1) is 15.6. The molecule has 2 rings (SSSR count). The summed E-state index contributed by atoms with van der Waals surface area (Å²) in [6, 6.07) is 10.2. The van der Waals surface area contributed by atoms with E-state index in [4.69, 9.17) is 9.47 Å². The zero-order chi connectivity index (χ0) is 15.9. The predicted molar refractivity (Wildman–Crippen MR) is 80.9 cm³/mol. The molecular weight excluding hydrogens is 284 g/mol. The molecule has 1 aromatic heterocycles. The molecule has 22 heavy (non-hydrogen) atoms. The zero-order valence-electron chi connectivity index (χ0n) is 12.6. The van der Waals surface area contributed by atoms with Crippen molar-refractivity contribution in [2.45, 2.75) is 0 Å². The van der Waals surface area contributed by atoms with Crippen molar-refractivity contribution >= 4 is 5.91 Å². The summed E-state index contributed by atoms with van der Waals surface area (Å²) < 4.78 is 11.3. The van der Waals surface area contributed by atoms with Crippen molar-refractivity contribution in [1.29, 1.82) is 0 Å². The van der Waals surface area contributed by atoms with Gasteiger partial charge in [-0.05, 0) is 24.3 Å². The summed E-state index contributed by atoms with van der Waals surface area (Å²) in [5.41, 5.74) is 0.471. The summed E-state index contributed by atoms with van der Waals surface area (Å²) in [5.74, 6) is 1.33. The number of carbonyl (C=O) groups excluding carboxylic acids is 1. The quantitative estimate of drug-likeness (QED) is 0.599. The third-order valence-corrected chi connectivity index (χ3v) is 3.15. The molecule has 0 aliphatic rings. The van der Waals surface area contributed by atoms with Crippen LogP contribution in [0.15, 0.2) is 48.8 Å². The van der Waals surface area contributed by atoms with E-state index in [-0.39, 0.29) is 5.91 Å². The Kier molecular flexibility index (Phi) is 5.19. The Morgan fingerprint density at radius 2 is 1.73 bits per heavy atom. The lowest BCUT2D eigenvalue weighted by molar-refractivity contribution is -0.605. The fourth-order valence-electron chi connectivity index (χ4n) is 1.85. The largest absolute Gasteiger partial charge is 0.619 e. The molecule has 0 atom stereocenters. The Hall–Kier alpha value is -2.76. The van der Waals surface area contributed by atoms with Crippen molar-refractivity contribution in [3.05, 3.63) is 59.6 Å². The van der Waals surface area contributed by atoms with Crippen molar-refractivity contribution in [1.82, 2.24) is 4.90 Å². The summed E-state index contributed by atoms with van der Waals surface area (Å²) in [6.07, 6.45) is 2.60. The number of methoxy groups -OCH3 is 1. The monoisotopic (exact) mass is 302 g/mol. The van der Waals surface area contributed by atoms with E-state index in [1.807, 2.05) is 24.3 Å². The minimum Gasteiger partial charge on any atom is -0.619 e. The zero-order valence-corrected chi connectivity index (χ0v) is 12.6. The van der Waals surface area contributed by atoms with Gasteiger partial charge >= 0.3 is 0 Å². The van der Waals surface area contributed by atoms with Crippen LogP contribution >= 0.6 is 0 Å². The lowest BCUT2D eigenvalue weighted by Gasteiger charge is -2.17. The first-order valence-corrected chi connectivity index (χ1v) is 6.81. The van der Waals surface area contributed by atoms with Crippen molar-refractivity contribution in [3.63, 3.8) is 0 Å².